The topological polar surface area (TPSA) is 93.3 Å². The van der Waals surface area contributed by atoms with E-state index in [1.54, 1.807) is 24.5 Å². The fourth-order valence-electron chi connectivity index (χ4n) is 4.22. The summed E-state index contributed by atoms with van der Waals surface area (Å²) in [4.78, 5) is 39.3. The molecule has 0 aliphatic heterocycles. The summed E-state index contributed by atoms with van der Waals surface area (Å²) in [6.07, 6.45) is 10.2. The average molecular weight is 446 g/mol. The van der Waals surface area contributed by atoms with Gasteiger partial charge in [-0.15, -0.1) is 6.58 Å². The molecule has 1 atom stereocenters. The number of benzene rings is 1. The minimum atomic E-state index is -0.602. The van der Waals surface area contributed by atoms with Crippen molar-refractivity contribution in [2.45, 2.75) is 37.8 Å². The van der Waals surface area contributed by atoms with Gasteiger partial charge in [-0.25, -0.2) is 0 Å². The van der Waals surface area contributed by atoms with Gasteiger partial charge in [0.1, 0.15) is 22.9 Å². The summed E-state index contributed by atoms with van der Waals surface area (Å²) >= 11 is 0. The van der Waals surface area contributed by atoms with Crippen LogP contribution in [-0.4, -0.2) is 22.9 Å². The molecule has 4 rings (SSSR count). The lowest BCUT2D eigenvalue weighted by molar-refractivity contribution is 0.0936. The largest absolute Gasteiger partial charge is 0.467 e. The van der Waals surface area contributed by atoms with Crippen LogP contribution in [0.25, 0.3) is 0 Å². The van der Waals surface area contributed by atoms with E-state index in [2.05, 4.69) is 17.2 Å². The van der Waals surface area contributed by atoms with E-state index >= 15 is 0 Å². The van der Waals surface area contributed by atoms with Crippen molar-refractivity contribution in [2.24, 2.45) is 0 Å². The number of nitrogens with zero attached hydrogens (tertiary/aromatic N) is 1. The van der Waals surface area contributed by atoms with Crippen LogP contribution < -0.4 is 16.1 Å². The Bertz CT molecular complexity index is 1180. The Hall–Kier alpha value is -3.87. The minimum absolute atomic E-state index is 0.0503. The number of carbonyl (C=O) groups excluding carboxylic acids is 2. The van der Waals surface area contributed by atoms with Gasteiger partial charge in [0.25, 0.3) is 11.8 Å². The molecule has 3 aromatic rings. The normalized spacial score (nSPS) is 14.5. The number of furan rings is 1. The molecule has 1 saturated carbocycles. The molecule has 170 valence electrons. The van der Waals surface area contributed by atoms with Crippen LogP contribution in [0.15, 0.2) is 83.0 Å². The van der Waals surface area contributed by atoms with Gasteiger partial charge >= 0.3 is 0 Å². The Morgan fingerprint density at radius 2 is 1.76 bits per heavy atom. The molecule has 0 radical (unpaired) electrons. The van der Waals surface area contributed by atoms with Gasteiger partial charge in [-0.3, -0.25) is 14.4 Å². The third-order valence-corrected chi connectivity index (χ3v) is 5.92. The van der Waals surface area contributed by atoms with Gasteiger partial charge in [0.05, 0.1) is 6.26 Å². The lowest BCUT2D eigenvalue weighted by atomic mass is 10.0. The highest BCUT2D eigenvalue weighted by molar-refractivity contribution is 5.99. The maximum atomic E-state index is 13.4. The molecular weight excluding hydrogens is 418 g/mol. The zero-order valence-corrected chi connectivity index (χ0v) is 18.3. The summed E-state index contributed by atoms with van der Waals surface area (Å²) in [6.45, 7) is 3.82. The molecule has 2 aromatic heterocycles. The molecule has 7 nitrogen and oxygen atoms in total. The number of carbonyl (C=O) groups is 2. The fraction of sp³-hybridized carbons (Fsp3) is 0.269. The van der Waals surface area contributed by atoms with Crippen LogP contribution in [0.3, 0.4) is 0 Å². The van der Waals surface area contributed by atoms with Crippen LogP contribution in [-0.2, 0) is 0 Å². The Labute approximate surface area is 192 Å². The van der Waals surface area contributed by atoms with Gasteiger partial charge in [-0.1, -0.05) is 49.2 Å². The van der Waals surface area contributed by atoms with Gasteiger partial charge in [0.2, 0.25) is 5.43 Å². The molecule has 1 fully saturated rings. The van der Waals surface area contributed by atoms with E-state index < -0.39 is 23.3 Å². The summed E-state index contributed by atoms with van der Waals surface area (Å²) in [5.74, 6) is -0.534. The van der Waals surface area contributed by atoms with Gasteiger partial charge < -0.3 is 19.6 Å². The molecular formula is C26H27N3O4. The van der Waals surface area contributed by atoms with Crippen LogP contribution in [0, 0.1) is 0 Å². The molecule has 2 N–H and O–H groups in total. The zero-order valence-electron chi connectivity index (χ0n) is 18.3. The van der Waals surface area contributed by atoms with Crippen molar-refractivity contribution in [1.29, 1.82) is 0 Å². The summed E-state index contributed by atoms with van der Waals surface area (Å²) in [5.41, 5.74) is 0.0951. The second-order valence-corrected chi connectivity index (χ2v) is 8.13. The molecule has 0 spiro atoms. The van der Waals surface area contributed by atoms with Crippen molar-refractivity contribution in [2.75, 3.05) is 6.54 Å². The van der Waals surface area contributed by atoms with Gasteiger partial charge in [-0.2, -0.15) is 0 Å². The second-order valence-electron chi connectivity index (χ2n) is 8.13. The SMILES string of the molecule is C=CCNC(=O)c1cn(C2CCCC2)cc(C(=O)NC(c2ccccc2)c2ccco2)c1=O. The molecule has 0 saturated heterocycles. The molecule has 7 heteroatoms. The highest BCUT2D eigenvalue weighted by Gasteiger charge is 2.26. The molecule has 2 amide bonds. The number of pyridine rings is 1. The van der Waals surface area contributed by atoms with Crippen molar-refractivity contribution in [1.82, 2.24) is 15.2 Å². The number of hydrogen-bond donors (Lipinski definition) is 2. The zero-order chi connectivity index (χ0) is 23.2. The van der Waals surface area contributed by atoms with E-state index in [1.807, 2.05) is 34.9 Å². The predicted octanol–water partition coefficient (Wildman–Crippen LogP) is 3.99. The van der Waals surface area contributed by atoms with Crippen molar-refractivity contribution >= 4 is 11.8 Å². The molecule has 1 unspecified atom stereocenters. The smallest absolute Gasteiger partial charge is 0.257 e. The number of rotatable bonds is 8. The summed E-state index contributed by atoms with van der Waals surface area (Å²) in [5, 5.41) is 5.57. The third-order valence-electron chi connectivity index (χ3n) is 5.92. The molecule has 1 aliphatic carbocycles. The van der Waals surface area contributed by atoms with Crippen molar-refractivity contribution in [3.05, 3.63) is 106 Å². The van der Waals surface area contributed by atoms with Crippen molar-refractivity contribution in [3.63, 3.8) is 0 Å². The standard InChI is InChI=1S/C26H27N3O4/c1-2-14-27-25(31)20-16-29(19-11-6-7-12-19)17-21(24(20)30)26(32)28-23(22-13-8-15-33-22)18-9-4-3-5-10-18/h2-5,8-10,13,15-17,19,23H,1,6-7,11-12,14H2,(H,27,31)(H,28,32). The number of aromatic nitrogens is 1. The van der Waals surface area contributed by atoms with E-state index in [1.165, 1.54) is 12.3 Å². The maximum Gasteiger partial charge on any atom is 0.257 e. The first-order valence-electron chi connectivity index (χ1n) is 11.1. The number of nitrogens with one attached hydrogen (secondary N) is 2. The first kappa shape index (κ1) is 22.3. The number of amides is 2. The fourth-order valence-corrected chi connectivity index (χ4v) is 4.22. The summed E-state index contributed by atoms with van der Waals surface area (Å²) < 4.78 is 7.40. The van der Waals surface area contributed by atoms with Crippen molar-refractivity contribution in [3.8, 4) is 0 Å². The molecule has 33 heavy (non-hydrogen) atoms. The van der Waals surface area contributed by atoms with Crippen molar-refractivity contribution < 1.29 is 14.0 Å². The monoisotopic (exact) mass is 445 g/mol. The first-order valence-corrected chi connectivity index (χ1v) is 11.1. The lowest BCUT2D eigenvalue weighted by Crippen LogP contribution is -2.37. The summed E-state index contributed by atoms with van der Waals surface area (Å²) in [7, 11) is 0. The minimum Gasteiger partial charge on any atom is -0.467 e. The quantitative estimate of drug-likeness (QED) is 0.513. The summed E-state index contributed by atoms with van der Waals surface area (Å²) in [6, 6.07) is 12.5. The van der Waals surface area contributed by atoms with E-state index in [0.717, 1.165) is 31.2 Å². The second kappa shape index (κ2) is 10.2. The van der Waals surface area contributed by atoms with E-state index in [9.17, 15) is 14.4 Å². The molecule has 1 aromatic carbocycles. The third kappa shape index (κ3) is 4.98. The van der Waals surface area contributed by atoms with E-state index in [4.69, 9.17) is 4.42 Å². The van der Waals surface area contributed by atoms with Gasteiger partial charge in [0.15, 0.2) is 0 Å². The van der Waals surface area contributed by atoms with E-state index in [-0.39, 0.29) is 23.7 Å². The Morgan fingerprint density at radius 1 is 1.06 bits per heavy atom. The average Bonchev–Trinajstić information content (AvgIpc) is 3.56. The number of hydrogen-bond acceptors (Lipinski definition) is 4. The van der Waals surface area contributed by atoms with Crippen LogP contribution >= 0.6 is 0 Å². The van der Waals surface area contributed by atoms with Crippen LogP contribution in [0.1, 0.15) is 69.8 Å². The Kier molecular flexibility index (Phi) is 6.88. The highest BCUT2D eigenvalue weighted by Crippen LogP contribution is 2.29. The van der Waals surface area contributed by atoms with Crippen LogP contribution in [0.4, 0.5) is 0 Å². The highest BCUT2D eigenvalue weighted by atomic mass is 16.3. The first-order chi connectivity index (χ1) is 16.1. The molecule has 1 aliphatic rings. The molecule has 0 bridgehead atoms. The maximum absolute atomic E-state index is 13.4. The Morgan fingerprint density at radius 3 is 2.39 bits per heavy atom. The van der Waals surface area contributed by atoms with E-state index in [0.29, 0.717) is 5.76 Å². The lowest BCUT2D eigenvalue weighted by Gasteiger charge is -2.20. The van der Waals surface area contributed by atoms with Crippen LogP contribution in [0.2, 0.25) is 0 Å². The predicted molar refractivity (Wildman–Crippen MR) is 125 cm³/mol. The van der Waals surface area contributed by atoms with Gasteiger partial charge in [-0.05, 0) is 30.5 Å². The van der Waals surface area contributed by atoms with Crippen LogP contribution in [0.5, 0.6) is 0 Å². The molecule has 2 heterocycles. The van der Waals surface area contributed by atoms with Gasteiger partial charge in [0, 0.05) is 25.0 Å². The Balaban J connectivity index is 1.72.